The maximum atomic E-state index is 13.0. The summed E-state index contributed by atoms with van der Waals surface area (Å²) in [6, 6.07) is 10.9. The minimum absolute atomic E-state index is 0.176. The van der Waals surface area contributed by atoms with E-state index in [1.54, 1.807) is 31.2 Å². The molecule has 7 heteroatoms. The quantitative estimate of drug-likeness (QED) is 0.670. The van der Waals surface area contributed by atoms with E-state index in [0.717, 1.165) is 12.1 Å². The molecule has 0 aliphatic carbocycles. The van der Waals surface area contributed by atoms with Gasteiger partial charge in [0.15, 0.2) is 0 Å². The first-order chi connectivity index (χ1) is 13.2. The molecule has 150 valence electrons. The molecule has 2 aromatic rings. The van der Waals surface area contributed by atoms with Gasteiger partial charge in [-0.25, -0.2) is 0 Å². The molecule has 0 aliphatic heterocycles. The fourth-order valence-electron chi connectivity index (χ4n) is 2.77. The summed E-state index contributed by atoms with van der Waals surface area (Å²) in [6.45, 7) is 3.62. The summed E-state index contributed by atoms with van der Waals surface area (Å²) in [4.78, 5) is 24.2. The molecule has 0 radical (unpaired) electrons. The number of benzene rings is 2. The normalized spacial score (nSPS) is 12.3. The monoisotopic (exact) mass is 392 g/mol. The summed E-state index contributed by atoms with van der Waals surface area (Å²) in [6.07, 6.45) is -2.94. The fourth-order valence-corrected chi connectivity index (χ4v) is 2.77. The van der Waals surface area contributed by atoms with Crippen LogP contribution in [-0.2, 0) is 11.0 Å². The summed E-state index contributed by atoms with van der Waals surface area (Å²) in [7, 11) is 0. The van der Waals surface area contributed by atoms with E-state index in [-0.39, 0.29) is 5.91 Å². The number of alkyl halides is 3. The number of nitrogens with one attached hydrogen (secondary N) is 2. The Kier molecular flexibility index (Phi) is 7.20. The third-order valence-electron chi connectivity index (χ3n) is 4.23. The van der Waals surface area contributed by atoms with Gasteiger partial charge in [-0.1, -0.05) is 38.5 Å². The molecular weight excluding hydrogens is 369 g/mol. The van der Waals surface area contributed by atoms with Crippen LogP contribution in [0.15, 0.2) is 48.5 Å². The number of amides is 2. The Hall–Kier alpha value is -2.83. The molecule has 0 fully saturated rings. The second-order valence-corrected chi connectivity index (χ2v) is 6.42. The van der Waals surface area contributed by atoms with Crippen LogP contribution in [0.4, 0.5) is 18.9 Å². The van der Waals surface area contributed by atoms with Gasteiger partial charge in [-0.15, -0.1) is 0 Å². The number of hydrogen-bond acceptors (Lipinski definition) is 2. The topological polar surface area (TPSA) is 58.2 Å². The Morgan fingerprint density at radius 1 is 1.04 bits per heavy atom. The van der Waals surface area contributed by atoms with Crippen molar-refractivity contribution in [3.05, 3.63) is 65.2 Å². The van der Waals surface area contributed by atoms with Crippen LogP contribution in [0.25, 0.3) is 0 Å². The smallest absolute Gasteiger partial charge is 0.345 e. The number of rotatable bonds is 7. The largest absolute Gasteiger partial charge is 0.416 e. The molecule has 0 heterocycles. The highest BCUT2D eigenvalue weighted by molar-refractivity contribution is 5.97. The molecule has 1 atom stereocenters. The van der Waals surface area contributed by atoms with E-state index in [1.165, 1.54) is 12.1 Å². The van der Waals surface area contributed by atoms with Gasteiger partial charge in [0.25, 0.3) is 5.91 Å². The van der Waals surface area contributed by atoms with Gasteiger partial charge in [0.2, 0.25) is 5.91 Å². The third-order valence-corrected chi connectivity index (χ3v) is 4.23. The van der Waals surface area contributed by atoms with Gasteiger partial charge in [-0.3, -0.25) is 9.59 Å². The SMILES string of the molecule is CCCC(NC(=O)c1cccc(NC(=O)CC)c1)c1cccc(C(F)(F)F)c1. The van der Waals surface area contributed by atoms with Crippen LogP contribution >= 0.6 is 0 Å². The zero-order valence-electron chi connectivity index (χ0n) is 15.8. The molecule has 28 heavy (non-hydrogen) atoms. The number of carbonyl (C=O) groups is 2. The third kappa shape index (κ3) is 5.84. The van der Waals surface area contributed by atoms with Crippen LogP contribution in [0.1, 0.15) is 60.6 Å². The first kappa shape index (κ1) is 21.5. The van der Waals surface area contributed by atoms with Crippen molar-refractivity contribution >= 4 is 17.5 Å². The lowest BCUT2D eigenvalue weighted by Crippen LogP contribution is -2.28. The van der Waals surface area contributed by atoms with Crippen LogP contribution < -0.4 is 10.6 Å². The van der Waals surface area contributed by atoms with Crippen molar-refractivity contribution in [1.29, 1.82) is 0 Å². The molecule has 2 aromatic carbocycles. The molecule has 2 rings (SSSR count). The highest BCUT2D eigenvalue weighted by atomic mass is 19.4. The first-order valence-corrected chi connectivity index (χ1v) is 9.12. The highest BCUT2D eigenvalue weighted by Crippen LogP contribution is 2.31. The van der Waals surface area contributed by atoms with E-state index < -0.39 is 23.7 Å². The first-order valence-electron chi connectivity index (χ1n) is 9.12. The lowest BCUT2D eigenvalue weighted by molar-refractivity contribution is -0.137. The Balaban J connectivity index is 2.22. The van der Waals surface area contributed by atoms with Crippen molar-refractivity contribution in [2.24, 2.45) is 0 Å². The van der Waals surface area contributed by atoms with Crippen molar-refractivity contribution in [2.75, 3.05) is 5.32 Å². The van der Waals surface area contributed by atoms with Gasteiger partial charge in [0.05, 0.1) is 11.6 Å². The van der Waals surface area contributed by atoms with Gasteiger partial charge in [0, 0.05) is 17.7 Å². The standard InChI is InChI=1S/C21H23F3N2O2/c1-3-7-18(14-8-5-10-16(12-14)21(22,23)24)26-20(28)15-9-6-11-17(13-15)25-19(27)4-2/h5-6,8-13,18H,3-4,7H2,1-2H3,(H,25,27)(H,26,28). The molecule has 0 saturated heterocycles. The van der Waals surface area contributed by atoms with E-state index >= 15 is 0 Å². The summed E-state index contributed by atoms with van der Waals surface area (Å²) < 4.78 is 39.0. The van der Waals surface area contributed by atoms with Gasteiger partial charge >= 0.3 is 6.18 Å². The summed E-state index contributed by atoms with van der Waals surface area (Å²) in [5.74, 6) is -0.589. The summed E-state index contributed by atoms with van der Waals surface area (Å²) in [5.41, 5.74) is 0.470. The molecular formula is C21H23F3N2O2. The number of carbonyl (C=O) groups excluding carboxylic acids is 2. The van der Waals surface area contributed by atoms with Crippen LogP contribution in [0.3, 0.4) is 0 Å². The van der Waals surface area contributed by atoms with Crippen molar-refractivity contribution in [2.45, 2.75) is 45.3 Å². The molecule has 0 bridgehead atoms. The van der Waals surface area contributed by atoms with Crippen molar-refractivity contribution in [1.82, 2.24) is 5.32 Å². The van der Waals surface area contributed by atoms with E-state index in [2.05, 4.69) is 10.6 Å². The van der Waals surface area contributed by atoms with Gasteiger partial charge < -0.3 is 10.6 Å². The van der Waals surface area contributed by atoms with Crippen LogP contribution in [0, 0.1) is 0 Å². The molecule has 0 aromatic heterocycles. The summed E-state index contributed by atoms with van der Waals surface area (Å²) >= 11 is 0. The summed E-state index contributed by atoms with van der Waals surface area (Å²) in [5, 5.41) is 5.48. The Bertz CT molecular complexity index is 834. The molecule has 4 nitrogen and oxygen atoms in total. The van der Waals surface area contributed by atoms with Crippen molar-refractivity contribution < 1.29 is 22.8 Å². The average Bonchev–Trinajstić information content (AvgIpc) is 2.67. The second-order valence-electron chi connectivity index (χ2n) is 6.42. The molecule has 2 N–H and O–H groups in total. The zero-order chi connectivity index (χ0) is 20.7. The van der Waals surface area contributed by atoms with E-state index in [0.29, 0.717) is 36.1 Å². The Morgan fingerprint density at radius 3 is 2.39 bits per heavy atom. The van der Waals surface area contributed by atoms with Crippen LogP contribution in [0.2, 0.25) is 0 Å². The fraction of sp³-hybridized carbons (Fsp3) is 0.333. The molecule has 0 saturated carbocycles. The second kappa shape index (κ2) is 9.39. The maximum absolute atomic E-state index is 13.0. The molecule has 0 spiro atoms. The van der Waals surface area contributed by atoms with E-state index in [1.807, 2.05) is 6.92 Å². The van der Waals surface area contributed by atoms with Crippen molar-refractivity contribution in [3.8, 4) is 0 Å². The predicted molar refractivity (Wildman–Crippen MR) is 102 cm³/mol. The maximum Gasteiger partial charge on any atom is 0.416 e. The van der Waals surface area contributed by atoms with Crippen LogP contribution in [0.5, 0.6) is 0 Å². The van der Waals surface area contributed by atoms with E-state index in [9.17, 15) is 22.8 Å². The minimum atomic E-state index is -4.44. The van der Waals surface area contributed by atoms with E-state index in [4.69, 9.17) is 0 Å². The van der Waals surface area contributed by atoms with Crippen molar-refractivity contribution in [3.63, 3.8) is 0 Å². The highest BCUT2D eigenvalue weighted by Gasteiger charge is 2.31. The number of anilines is 1. The van der Waals surface area contributed by atoms with Gasteiger partial charge in [-0.2, -0.15) is 13.2 Å². The lowest BCUT2D eigenvalue weighted by Gasteiger charge is -2.20. The van der Waals surface area contributed by atoms with Gasteiger partial charge in [-0.05, 0) is 42.3 Å². The molecule has 0 aliphatic rings. The average molecular weight is 392 g/mol. The minimum Gasteiger partial charge on any atom is -0.345 e. The Labute approximate surface area is 162 Å². The Morgan fingerprint density at radius 2 is 1.75 bits per heavy atom. The molecule has 2 amide bonds. The predicted octanol–water partition coefficient (Wildman–Crippen LogP) is 5.33. The number of hydrogen-bond donors (Lipinski definition) is 2. The van der Waals surface area contributed by atoms with Crippen LogP contribution in [-0.4, -0.2) is 11.8 Å². The number of halogens is 3. The lowest BCUT2D eigenvalue weighted by atomic mass is 9.99. The zero-order valence-corrected chi connectivity index (χ0v) is 15.8. The van der Waals surface area contributed by atoms with Gasteiger partial charge in [0.1, 0.15) is 0 Å². The molecule has 1 unspecified atom stereocenters.